The van der Waals surface area contributed by atoms with Gasteiger partial charge in [-0.15, -0.1) is 0 Å². The Hall–Kier alpha value is -2.87. The molecule has 0 unspecified atom stereocenters. The summed E-state index contributed by atoms with van der Waals surface area (Å²) in [4.78, 5) is 40.8. The van der Waals surface area contributed by atoms with E-state index in [1.807, 2.05) is 15.5 Å². The van der Waals surface area contributed by atoms with E-state index in [-0.39, 0.29) is 29.7 Å². The number of rotatable bonds is 6. The van der Waals surface area contributed by atoms with Gasteiger partial charge in [-0.1, -0.05) is 6.07 Å². The van der Waals surface area contributed by atoms with Gasteiger partial charge in [-0.05, 0) is 61.8 Å². The first-order valence-corrected chi connectivity index (χ1v) is 11.9. The Morgan fingerprint density at radius 1 is 1.06 bits per heavy atom. The minimum atomic E-state index is -0.773. The fourth-order valence-electron chi connectivity index (χ4n) is 6.17. The maximum Gasteiger partial charge on any atom is 0.303 e. The van der Waals surface area contributed by atoms with Crippen molar-refractivity contribution in [1.82, 2.24) is 14.4 Å². The fraction of sp³-hybridized carbons (Fsp3) is 0.560. The van der Waals surface area contributed by atoms with Crippen molar-refractivity contribution < 1.29 is 19.1 Å². The molecule has 8 heteroatoms. The molecule has 1 amide bonds. The van der Waals surface area contributed by atoms with Gasteiger partial charge in [0, 0.05) is 56.8 Å². The highest BCUT2D eigenvalue weighted by Crippen LogP contribution is 2.36. The number of carbonyl (C=O) groups excluding carboxylic acids is 1. The van der Waals surface area contributed by atoms with Crippen molar-refractivity contribution in [2.45, 2.75) is 38.1 Å². The number of aliphatic carboxylic acids is 1. The van der Waals surface area contributed by atoms with E-state index >= 15 is 0 Å². The zero-order chi connectivity index (χ0) is 22.9. The Labute approximate surface area is 192 Å². The average molecular weight is 454 g/mol. The van der Waals surface area contributed by atoms with Gasteiger partial charge >= 0.3 is 5.97 Å². The monoisotopic (exact) mass is 453 g/mol. The second-order valence-corrected chi connectivity index (χ2v) is 9.88. The number of carboxylic acids is 1. The van der Waals surface area contributed by atoms with Crippen molar-refractivity contribution in [2.75, 3.05) is 32.7 Å². The summed E-state index contributed by atoms with van der Waals surface area (Å²) in [6, 6.07) is 8.96. The molecule has 2 aromatic rings. The van der Waals surface area contributed by atoms with E-state index in [2.05, 4.69) is 11.0 Å². The maximum absolute atomic E-state index is 12.8. The van der Waals surface area contributed by atoms with Gasteiger partial charge in [0.1, 0.15) is 0 Å². The van der Waals surface area contributed by atoms with Crippen LogP contribution in [0.2, 0.25) is 0 Å². The summed E-state index contributed by atoms with van der Waals surface area (Å²) in [5.41, 5.74) is 1.23. The number of furan rings is 1. The number of hydrogen-bond donors (Lipinski definition) is 1. The largest absolute Gasteiger partial charge is 0.481 e. The van der Waals surface area contributed by atoms with Gasteiger partial charge in [0.05, 0.1) is 6.26 Å². The van der Waals surface area contributed by atoms with Gasteiger partial charge in [0.2, 0.25) is 0 Å². The van der Waals surface area contributed by atoms with Crippen LogP contribution < -0.4 is 5.56 Å². The summed E-state index contributed by atoms with van der Waals surface area (Å²) in [5.74, 6) is 0.498. The summed E-state index contributed by atoms with van der Waals surface area (Å²) in [6.07, 6.45) is 4.33. The number of fused-ring (bicyclic) bond motifs is 4. The number of carboxylic acid groups (broad SMARTS) is 1. The average Bonchev–Trinajstić information content (AvgIpc) is 3.33. The van der Waals surface area contributed by atoms with E-state index in [9.17, 15) is 19.5 Å². The summed E-state index contributed by atoms with van der Waals surface area (Å²) < 4.78 is 7.23. The Morgan fingerprint density at radius 3 is 2.73 bits per heavy atom. The minimum Gasteiger partial charge on any atom is -0.481 e. The molecule has 2 aromatic heterocycles. The lowest BCUT2D eigenvalue weighted by Crippen LogP contribution is -2.49. The third-order valence-electron chi connectivity index (χ3n) is 7.72. The SMILES string of the molecule is O=C(O)C[C@@H]1CCN(C(=O)c2ccco2)C[C@H]1CCN1C[C@H]2C[C@H](C1)c1cccc(=O)n1C2. The van der Waals surface area contributed by atoms with Crippen LogP contribution in [0.3, 0.4) is 0 Å². The van der Waals surface area contributed by atoms with Gasteiger partial charge < -0.3 is 23.9 Å². The first kappa shape index (κ1) is 21.9. The molecule has 0 saturated carbocycles. The van der Waals surface area contributed by atoms with Gasteiger partial charge in [0.25, 0.3) is 11.5 Å². The lowest BCUT2D eigenvalue weighted by molar-refractivity contribution is -0.139. The predicted molar refractivity (Wildman–Crippen MR) is 121 cm³/mol. The molecule has 3 aliphatic rings. The Balaban J connectivity index is 1.25. The van der Waals surface area contributed by atoms with E-state index in [4.69, 9.17) is 4.42 Å². The molecule has 8 nitrogen and oxygen atoms in total. The van der Waals surface area contributed by atoms with Gasteiger partial charge in [-0.3, -0.25) is 14.4 Å². The Kier molecular flexibility index (Phi) is 6.10. The molecule has 5 heterocycles. The first-order chi connectivity index (χ1) is 16.0. The zero-order valence-corrected chi connectivity index (χ0v) is 18.8. The van der Waals surface area contributed by atoms with Crippen LogP contribution in [0.1, 0.15) is 47.8 Å². The fourth-order valence-corrected chi connectivity index (χ4v) is 6.17. The van der Waals surface area contributed by atoms with E-state index in [0.717, 1.165) is 44.7 Å². The normalized spacial score (nSPS) is 27.2. The number of nitrogens with zero attached hydrogens (tertiary/aromatic N) is 3. The molecular formula is C25H31N3O5. The molecule has 2 fully saturated rings. The molecule has 1 N–H and O–H groups in total. The van der Waals surface area contributed by atoms with Gasteiger partial charge in [-0.2, -0.15) is 0 Å². The Bertz CT molecular complexity index is 1060. The molecule has 0 aliphatic carbocycles. The number of carbonyl (C=O) groups is 2. The Morgan fingerprint density at radius 2 is 1.94 bits per heavy atom. The highest BCUT2D eigenvalue weighted by molar-refractivity contribution is 5.91. The first-order valence-electron chi connectivity index (χ1n) is 11.9. The van der Waals surface area contributed by atoms with Crippen molar-refractivity contribution in [3.8, 4) is 0 Å². The summed E-state index contributed by atoms with van der Waals surface area (Å²) in [7, 11) is 0. The van der Waals surface area contributed by atoms with Crippen LogP contribution in [0.25, 0.3) is 0 Å². The van der Waals surface area contributed by atoms with E-state index in [0.29, 0.717) is 37.1 Å². The number of piperidine rings is 2. The van der Waals surface area contributed by atoms with Crippen molar-refractivity contribution in [3.05, 3.63) is 58.4 Å². The van der Waals surface area contributed by atoms with Crippen molar-refractivity contribution in [1.29, 1.82) is 0 Å². The number of amides is 1. The number of hydrogen-bond acceptors (Lipinski definition) is 5. The van der Waals surface area contributed by atoms with Crippen LogP contribution >= 0.6 is 0 Å². The van der Waals surface area contributed by atoms with E-state index in [1.54, 1.807) is 18.2 Å². The summed E-state index contributed by atoms with van der Waals surface area (Å²) in [6.45, 7) is 4.67. The molecule has 5 rings (SSSR count). The quantitative estimate of drug-likeness (QED) is 0.722. The number of aromatic nitrogens is 1. The lowest BCUT2D eigenvalue weighted by atomic mass is 9.80. The van der Waals surface area contributed by atoms with Crippen LogP contribution in [-0.2, 0) is 11.3 Å². The summed E-state index contributed by atoms with van der Waals surface area (Å²) in [5, 5.41) is 9.42. The van der Waals surface area contributed by atoms with Gasteiger partial charge in [0.15, 0.2) is 5.76 Å². The third-order valence-corrected chi connectivity index (χ3v) is 7.72. The van der Waals surface area contributed by atoms with Gasteiger partial charge in [-0.25, -0.2) is 0 Å². The highest BCUT2D eigenvalue weighted by atomic mass is 16.4. The van der Waals surface area contributed by atoms with Crippen LogP contribution in [0.15, 0.2) is 45.8 Å². The lowest BCUT2D eigenvalue weighted by Gasteiger charge is -2.44. The molecule has 0 aromatic carbocycles. The molecule has 2 bridgehead atoms. The maximum atomic E-state index is 12.8. The van der Waals surface area contributed by atoms with Crippen LogP contribution in [0.4, 0.5) is 0 Å². The summed E-state index contributed by atoms with van der Waals surface area (Å²) >= 11 is 0. The van der Waals surface area contributed by atoms with E-state index in [1.165, 1.54) is 6.26 Å². The second kappa shape index (κ2) is 9.17. The van der Waals surface area contributed by atoms with Crippen molar-refractivity contribution in [2.24, 2.45) is 17.8 Å². The topological polar surface area (TPSA) is 96.0 Å². The molecule has 4 atom stereocenters. The number of likely N-dealkylation sites (tertiary alicyclic amines) is 2. The zero-order valence-electron chi connectivity index (χ0n) is 18.8. The van der Waals surface area contributed by atoms with Crippen molar-refractivity contribution in [3.63, 3.8) is 0 Å². The molecular weight excluding hydrogens is 422 g/mol. The standard InChI is InChI=1S/C25H31N3O5/c29-23-5-1-3-21-20-11-17(14-28(21)23)13-26(15-20)8-6-19-16-27(9-7-18(19)12-24(30)31)25(32)22-4-2-10-33-22/h1-5,10,17-20H,6-9,11-16H2,(H,30,31)/t17-,18+,19-,20-/m1/s1. The molecule has 0 radical (unpaired) electrons. The van der Waals surface area contributed by atoms with Crippen LogP contribution in [0.5, 0.6) is 0 Å². The third kappa shape index (κ3) is 4.62. The molecule has 0 spiro atoms. The molecule has 3 aliphatic heterocycles. The molecule has 176 valence electrons. The van der Waals surface area contributed by atoms with Crippen LogP contribution in [0, 0.1) is 17.8 Å². The van der Waals surface area contributed by atoms with Crippen molar-refractivity contribution >= 4 is 11.9 Å². The highest BCUT2D eigenvalue weighted by Gasteiger charge is 2.37. The molecule has 2 saturated heterocycles. The number of pyridine rings is 1. The second-order valence-electron chi connectivity index (χ2n) is 9.88. The van der Waals surface area contributed by atoms with E-state index < -0.39 is 5.97 Å². The predicted octanol–water partition coefficient (Wildman–Crippen LogP) is 2.50. The smallest absolute Gasteiger partial charge is 0.303 e. The van der Waals surface area contributed by atoms with Crippen LogP contribution in [-0.4, -0.2) is 64.1 Å². The molecule has 33 heavy (non-hydrogen) atoms. The minimum absolute atomic E-state index is 0.0757.